The molecule has 1 saturated heterocycles. The van der Waals surface area contributed by atoms with Crippen LogP contribution in [0.1, 0.15) is 45.1 Å². The lowest BCUT2D eigenvalue weighted by molar-refractivity contribution is -0.134. The number of carbonyl (C=O) groups excluding carboxylic acids is 2. The molecule has 0 spiro atoms. The van der Waals surface area contributed by atoms with Gasteiger partial charge in [0.2, 0.25) is 5.91 Å². The molecule has 6 nitrogen and oxygen atoms in total. The van der Waals surface area contributed by atoms with Crippen molar-refractivity contribution < 1.29 is 9.59 Å². The summed E-state index contributed by atoms with van der Waals surface area (Å²) in [5.74, 6) is 0.252. The van der Waals surface area contributed by atoms with Gasteiger partial charge in [-0.05, 0) is 40.9 Å². The van der Waals surface area contributed by atoms with E-state index in [1.54, 1.807) is 0 Å². The van der Waals surface area contributed by atoms with Crippen LogP contribution in [0.15, 0.2) is 79.4 Å². The van der Waals surface area contributed by atoms with Gasteiger partial charge in [-0.3, -0.25) is 14.5 Å². The topological polar surface area (TPSA) is 69.9 Å². The van der Waals surface area contributed by atoms with Crippen molar-refractivity contribution in [1.82, 2.24) is 14.7 Å². The highest BCUT2D eigenvalue weighted by molar-refractivity contribution is 5.98. The summed E-state index contributed by atoms with van der Waals surface area (Å²) in [5, 5.41) is 0. The SMILES string of the molecule is C=C1CN(Cc2ccc(C(=O)Cc3ccccc3N)cc2)C(CC(=O)N2CCN(C)CC2)c2ccccc21. The maximum absolute atomic E-state index is 13.4. The molecule has 2 heterocycles. The van der Waals surface area contributed by atoms with Gasteiger partial charge < -0.3 is 15.5 Å². The molecule has 3 aromatic rings. The molecular formula is C32H36N4O2. The lowest BCUT2D eigenvalue weighted by Crippen LogP contribution is -2.48. The number of anilines is 1. The van der Waals surface area contributed by atoms with E-state index in [-0.39, 0.29) is 24.2 Å². The Kier molecular flexibility index (Phi) is 7.72. The summed E-state index contributed by atoms with van der Waals surface area (Å²) in [6.45, 7) is 9.10. The number of likely N-dealkylation sites (N-methyl/N-ethyl adjacent to an activating group) is 1. The number of ketones is 1. The Bertz CT molecular complexity index is 1330. The summed E-state index contributed by atoms with van der Waals surface area (Å²) < 4.78 is 0. The van der Waals surface area contributed by atoms with E-state index >= 15 is 0 Å². The summed E-state index contributed by atoms with van der Waals surface area (Å²) in [4.78, 5) is 32.9. The minimum atomic E-state index is -0.0220. The number of carbonyl (C=O) groups is 2. The first-order valence-electron chi connectivity index (χ1n) is 13.3. The summed E-state index contributed by atoms with van der Waals surface area (Å²) in [7, 11) is 2.10. The second-order valence-corrected chi connectivity index (χ2v) is 10.5. The summed E-state index contributed by atoms with van der Waals surface area (Å²) >= 11 is 0. The van der Waals surface area contributed by atoms with Crippen molar-refractivity contribution in [2.45, 2.75) is 25.4 Å². The van der Waals surface area contributed by atoms with Gasteiger partial charge in [-0.2, -0.15) is 0 Å². The Hall–Kier alpha value is -3.74. The minimum Gasteiger partial charge on any atom is -0.398 e. The van der Waals surface area contributed by atoms with Crippen LogP contribution in [0.4, 0.5) is 5.69 Å². The largest absolute Gasteiger partial charge is 0.398 e. The predicted molar refractivity (Wildman–Crippen MR) is 153 cm³/mol. The fourth-order valence-corrected chi connectivity index (χ4v) is 5.50. The van der Waals surface area contributed by atoms with Crippen molar-refractivity contribution in [3.8, 4) is 0 Å². The lowest BCUT2D eigenvalue weighted by Gasteiger charge is -2.40. The number of hydrogen-bond acceptors (Lipinski definition) is 5. The standard InChI is InChI=1S/C32H36N4O2/c1-23-21-36(22-24-11-13-25(14-12-24)31(37)19-26-7-3-6-10-29(26)33)30(28-9-5-4-8-27(23)28)20-32(38)35-17-15-34(2)16-18-35/h3-14,30H,1,15-22,33H2,2H3. The third kappa shape index (κ3) is 5.72. The van der Waals surface area contributed by atoms with Crippen LogP contribution in [0.5, 0.6) is 0 Å². The molecule has 0 aliphatic carbocycles. The number of benzene rings is 3. The van der Waals surface area contributed by atoms with Crippen molar-refractivity contribution >= 4 is 23.0 Å². The van der Waals surface area contributed by atoms with Gasteiger partial charge >= 0.3 is 0 Å². The summed E-state index contributed by atoms with van der Waals surface area (Å²) in [5.41, 5.74) is 12.7. The number of piperazine rings is 1. The molecule has 0 aromatic heterocycles. The van der Waals surface area contributed by atoms with Crippen LogP contribution in [-0.2, 0) is 17.8 Å². The number of rotatable bonds is 7. The summed E-state index contributed by atoms with van der Waals surface area (Å²) in [6.07, 6.45) is 0.730. The van der Waals surface area contributed by atoms with Crippen LogP contribution < -0.4 is 5.73 Å². The van der Waals surface area contributed by atoms with Crippen LogP contribution in [0.25, 0.3) is 5.57 Å². The normalized spacial score (nSPS) is 18.3. The van der Waals surface area contributed by atoms with Crippen molar-refractivity contribution in [2.75, 3.05) is 45.5 Å². The second kappa shape index (κ2) is 11.3. The highest BCUT2D eigenvalue weighted by Gasteiger charge is 2.32. The molecule has 6 heteroatoms. The van der Waals surface area contributed by atoms with Crippen LogP contribution >= 0.6 is 0 Å². The summed E-state index contributed by atoms with van der Waals surface area (Å²) in [6, 6.07) is 23.6. The van der Waals surface area contributed by atoms with Crippen molar-refractivity contribution in [1.29, 1.82) is 0 Å². The smallest absolute Gasteiger partial charge is 0.224 e. The molecule has 1 fully saturated rings. The Labute approximate surface area is 225 Å². The fraction of sp³-hybridized carbons (Fsp3) is 0.312. The van der Waals surface area contributed by atoms with Crippen molar-refractivity contribution in [3.05, 3.63) is 107 Å². The molecule has 0 saturated carbocycles. The first kappa shape index (κ1) is 25.9. The average molecular weight is 509 g/mol. The average Bonchev–Trinajstić information content (AvgIpc) is 2.93. The van der Waals surface area contributed by atoms with Gasteiger partial charge in [0.15, 0.2) is 5.78 Å². The number of nitrogens with two attached hydrogens (primary N) is 1. The zero-order valence-corrected chi connectivity index (χ0v) is 22.1. The number of Topliss-reactive ketones (excluding diaryl/α,β-unsaturated/α-hetero) is 1. The Morgan fingerprint density at radius 3 is 2.34 bits per heavy atom. The zero-order valence-electron chi connectivity index (χ0n) is 22.1. The number of hydrogen-bond donors (Lipinski definition) is 1. The molecule has 5 rings (SSSR count). The molecule has 3 aromatic carbocycles. The molecule has 0 bridgehead atoms. The molecule has 1 atom stereocenters. The molecule has 2 aliphatic heterocycles. The highest BCUT2D eigenvalue weighted by atomic mass is 16.2. The Balaban J connectivity index is 1.32. The van der Waals surface area contributed by atoms with Gasteiger partial charge in [0.25, 0.3) is 0 Å². The van der Waals surface area contributed by atoms with Crippen molar-refractivity contribution in [3.63, 3.8) is 0 Å². The molecule has 1 unspecified atom stereocenters. The van der Waals surface area contributed by atoms with Gasteiger partial charge in [0, 0.05) is 69.4 Å². The number of fused-ring (bicyclic) bond motifs is 1. The van der Waals surface area contributed by atoms with Crippen LogP contribution in [0.2, 0.25) is 0 Å². The third-order valence-corrected chi connectivity index (χ3v) is 7.83. The maximum atomic E-state index is 13.4. The number of nitrogen functional groups attached to an aromatic ring is 1. The maximum Gasteiger partial charge on any atom is 0.224 e. The Morgan fingerprint density at radius 2 is 1.61 bits per heavy atom. The fourth-order valence-electron chi connectivity index (χ4n) is 5.50. The van der Waals surface area contributed by atoms with Gasteiger partial charge in [-0.25, -0.2) is 0 Å². The molecular weight excluding hydrogens is 472 g/mol. The van der Waals surface area contributed by atoms with E-state index in [4.69, 9.17) is 5.73 Å². The predicted octanol–water partition coefficient (Wildman–Crippen LogP) is 4.43. The van der Waals surface area contributed by atoms with Gasteiger partial charge in [0.05, 0.1) is 0 Å². The molecule has 2 N–H and O–H groups in total. The second-order valence-electron chi connectivity index (χ2n) is 10.5. The third-order valence-electron chi connectivity index (χ3n) is 7.83. The molecule has 2 aliphatic rings. The van der Waals surface area contributed by atoms with E-state index in [1.165, 1.54) is 5.56 Å². The van der Waals surface area contributed by atoms with E-state index in [2.05, 4.69) is 35.6 Å². The van der Waals surface area contributed by atoms with Crippen LogP contribution in [0, 0.1) is 0 Å². The first-order valence-corrected chi connectivity index (χ1v) is 13.3. The Morgan fingerprint density at radius 1 is 0.921 bits per heavy atom. The number of amides is 1. The van der Waals surface area contributed by atoms with E-state index in [0.29, 0.717) is 30.8 Å². The highest BCUT2D eigenvalue weighted by Crippen LogP contribution is 2.38. The van der Waals surface area contributed by atoms with E-state index in [9.17, 15) is 9.59 Å². The van der Waals surface area contributed by atoms with Gasteiger partial charge in [-0.15, -0.1) is 0 Å². The van der Waals surface area contributed by atoms with E-state index in [1.807, 2.05) is 65.6 Å². The minimum absolute atomic E-state index is 0.0220. The molecule has 38 heavy (non-hydrogen) atoms. The molecule has 1 amide bonds. The monoisotopic (exact) mass is 508 g/mol. The van der Waals surface area contributed by atoms with Crippen LogP contribution in [-0.4, -0.2) is 66.2 Å². The van der Waals surface area contributed by atoms with Gasteiger partial charge in [0.1, 0.15) is 0 Å². The number of nitrogens with zero attached hydrogens (tertiary/aromatic N) is 3. The van der Waals surface area contributed by atoms with Crippen LogP contribution in [0.3, 0.4) is 0 Å². The number of para-hydroxylation sites is 1. The first-order chi connectivity index (χ1) is 18.4. The quantitative estimate of drug-likeness (QED) is 0.378. The van der Waals surface area contributed by atoms with Crippen molar-refractivity contribution in [2.24, 2.45) is 0 Å². The van der Waals surface area contributed by atoms with Gasteiger partial charge in [-0.1, -0.05) is 73.3 Å². The molecule has 196 valence electrons. The van der Waals surface area contributed by atoms with E-state index < -0.39 is 0 Å². The zero-order chi connectivity index (χ0) is 26.6. The lowest BCUT2D eigenvalue weighted by atomic mass is 9.87. The van der Waals surface area contributed by atoms with E-state index in [0.717, 1.165) is 48.4 Å². The molecule has 0 radical (unpaired) electrons.